The number of piperazine rings is 1. The van der Waals surface area contributed by atoms with Gasteiger partial charge in [0.2, 0.25) is 11.8 Å². The maximum absolute atomic E-state index is 12.7. The van der Waals surface area contributed by atoms with Gasteiger partial charge in [-0.1, -0.05) is 60.2 Å². The van der Waals surface area contributed by atoms with Crippen LogP contribution in [0.3, 0.4) is 0 Å². The first kappa shape index (κ1) is 26.9. The normalized spacial score (nSPS) is 13.7. The Labute approximate surface area is 228 Å². The molecule has 2 aromatic carbocycles. The summed E-state index contributed by atoms with van der Waals surface area (Å²) in [6, 6.07) is 19.3. The maximum Gasteiger partial charge on any atom is 0.246 e. The first-order valence-corrected chi connectivity index (χ1v) is 12.9. The number of benzene rings is 2. The van der Waals surface area contributed by atoms with Crippen LogP contribution in [0.2, 0.25) is 5.02 Å². The van der Waals surface area contributed by atoms with E-state index >= 15 is 0 Å². The summed E-state index contributed by atoms with van der Waals surface area (Å²) in [6.45, 7) is 5.00. The summed E-state index contributed by atoms with van der Waals surface area (Å²) in [5.41, 5.74) is 1.94. The van der Waals surface area contributed by atoms with Crippen molar-refractivity contribution in [2.45, 2.75) is 6.92 Å². The molecule has 9 heteroatoms. The highest BCUT2D eigenvalue weighted by Gasteiger charge is 2.22. The van der Waals surface area contributed by atoms with Crippen LogP contribution in [0.25, 0.3) is 17.5 Å². The number of amides is 2. The smallest absolute Gasteiger partial charge is 0.246 e. The fourth-order valence-electron chi connectivity index (χ4n) is 3.97. The standard InChI is InChI=1S/C29H31ClN6O2/c1-22(37)31-15-16-32-26-21-27(34-29(33-26)24-11-13-25(30)14-12-24)35-17-19-36(20-18-35)28(38)10-6-5-9-23-7-3-2-4-8-23/h2-14,21H,15-20H2,1H3,(H,31,37)(H,32,33,34)/b9-5+,10-6+. The van der Waals surface area contributed by atoms with Crippen LogP contribution in [0.1, 0.15) is 12.5 Å². The Morgan fingerprint density at radius 2 is 1.68 bits per heavy atom. The molecule has 0 saturated carbocycles. The van der Waals surface area contributed by atoms with Gasteiger partial charge in [-0.3, -0.25) is 9.59 Å². The van der Waals surface area contributed by atoms with Gasteiger partial charge in [0, 0.05) is 68.9 Å². The quantitative estimate of drug-likeness (QED) is 0.244. The van der Waals surface area contributed by atoms with Gasteiger partial charge >= 0.3 is 0 Å². The molecule has 1 aliphatic rings. The first-order chi connectivity index (χ1) is 18.5. The zero-order valence-corrected chi connectivity index (χ0v) is 22.1. The molecule has 1 aliphatic heterocycles. The summed E-state index contributed by atoms with van der Waals surface area (Å²) in [6.07, 6.45) is 7.24. The Morgan fingerprint density at radius 3 is 2.39 bits per heavy atom. The lowest BCUT2D eigenvalue weighted by molar-refractivity contribution is -0.126. The molecule has 1 fully saturated rings. The van der Waals surface area contributed by atoms with Crippen LogP contribution < -0.4 is 15.5 Å². The van der Waals surface area contributed by atoms with Crippen LogP contribution in [0, 0.1) is 0 Å². The van der Waals surface area contributed by atoms with E-state index in [1.807, 2.05) is 77.7 Å². The van der Waals surface area contributed by atoms with Gasteiger partial charge in [0.1, 0.15) is 11.6 Å². The second-order valence-electron chi connectivity index (χ2n) is 8.79. The van der Waals surface area contributed by atoms with Crippen LogP contribution in [0.4, 0.5) is 11.6 Å². The van der Waals surface area contributed by atoms with Crippen molar-refractivity contribution in [2.24, 2.45) is 0 Å². The lowest BCUT2D eigenvalue weighted by Crippen LogP contribution is -2.48. The number of rotatable bonds is 9. The van der Waals surface area contributed by atoms with Crippen LogP contribution in [0.5, 0.6) is 0 Å². The number of hydrogen-bond acceptors (Lipinski definition) is 6. The molecule has 1 saturated heterocycles. The first-order valence-electron chi connectivity index (χ1n) is 12.5. The molecule has 2 N–H and O–H groups in total. The second-order valence-corrected chi connectivity index (χ2v) is 9.23. The van der Waals surface area contributed by atoms with E-state index < -0.39 is 0 Å². The van der Waals surface area contributed by atoms with Crippen LogP contribution in [-0.4, -0.2) is 66.0 Å². The van der Waals surface area contributed by atoms with Crippen LogP contribution >= 0.6 is 11.6 Å². The number of carbonyl (C=O) groups excluding carboxylic acids is 2. The molecule has 3 aromatic rings. The van der Waals surface area contributed by atoms with E-state index in [1.54, 1.807) is 12.2 Å². The van der Waals surface area contributed by atoms with Crippen molar-refractivity contribution in [3.05, 3.63) is 89.5 Å². The molecule has 196 valence electrons. The third-order valence-electron chi connectivity index (χ3n) is 5.97. The maximum atomic E-state index is 12.7. The summed E-state index contributed by atoms with van der Waals surface area (Å²) in [5, 5.41) is 6.68. The lowest BCUT2D eigenvalue weighted by Gasteiger charge is -2.35. The lowest BCUT2D eigenvalue weighted by atomic mass is 10.2. The number of allylic oxidation sites excluding steroid dienone is 2. The van der Waals surface area contributed by atoms with Gasteiger partial charge in [-0.25, -0.2) is 9.97 Å². The molecule has 0 spiro atoms. The van der Waals surface area contributed by atoms with Crippen molar-refractivity contribution in [3.63, 3.8) is 0 Å². The summed E-state index contributed by atoms with van der Waals surface area (Å²) < 4.78 is 0. The van der Waals surface area contributed by atoms with Crippen molar-refractivity contribution < 1.29 is 9.59 Å². The van der Waals surface area contributed by atoms with E-state index in [4.69, 9.17) is 16.6 Å². The van der Waals surface area contributed by atoms with Crippen molar-refractivity contribution in [3.8, 4) is 11.4 Å². The van der Waals surface area contributed by atoms with Crippen molar-refractivity contribution in [1.82, 2.24) is 20.2 Å². The Hall–Kier alpha value is -4.17. The third kappa shape index (κ3) is 7.91. The zero-order valence-electron chi connectivity index (χ0n) is 21.3. The molecule has 8 nitrogen and oxygen atoms in total. The van der Waals surface area contributed by atoms with E-state index in [0.717, 1.165) is 16.9 Å². The number of anilines is 2. The van der Waals surface area contributed by atoms with Crippen molar-refractivity contribution >= 4 is 41.1 Å². The van der Waals surface area contributed by atoms with Gasteiger partial charge < -0.3 is 20.4 Å². The highest BCUT2D eigenvalue weighted by molar-refractivity contribution is 6.30. The predicted octanol–water partition coefficient (Wildman–Crippen LogP) is 4.26. The number of carbonyl (C=O) groups is 2. The third-order valence-corrected chi connectivity index (χ3v) is 6.23. The minimum absolute atomic E-state index is 0.00719. The van der Waals surface area contributed by atoms with Gasteiger partial charge in [0.05, 0.1) is 0 Å². The summed E-state index contributed by atoms with van der Waals surface area (Å²) in [7, 11) is 0. The average molecular weight is 531 g/mol. The minimum atomic E-state index is -0.0773. The van der Waals surface area contributed by atoms with E-state index in [2.05, 4.69) is 20.5 Å². The molecule has 4 rings (SSSR count). The van der Waals surface area contributed by atoms with Crippen molar-refractivity contribution in [2.75, 3.05) is 49.5 Å². The monoisotopic (exact) mass is 530 g/mol. The van der Waals surface area contributed by atoms with Crippen LogP contribution in [0.15, 0.2) is 78.9 Å². The van der Waals surface area contributed by atoms with Gasteiger partial charge in [-0.05, 0) is 29.8 Å². The highest BCUT2D eigenvalue weighted by atomic mass is 35.5. The van der Waals surface area contributed by atoms with Crippen molar-refractivity contribution in [1.29, 1.82) is 0 Å². The molecule has 0 unspecified atom stereocenters. The molecule has 2 heterocycles. The summed E-state index contributed by atoms with van der Waals surface area (Å²) in [4.78, 5) is 37.3. The van der Waals surface area contributed by atoms with E-state index in [-0.39, 0.29) is 11.8 Å². The zero-order chi connectivity index (χ0) is 26.7. The molecular weight excluding hydrogens is 500 g/mol. The largest absolute Gasteiger partial charge is 0.368 e. The SMILES string of the molecule is CC(=O)NCCNc1cc(N2CCN(C(=O)/C=C/C=C/c3ccccc3)CC2)nc(-c2ccc(Cl)cc2)n1. The van der Waals surface area contributed by atoms with Gasteiger partial charge in [-0.15, -0.1) is 0 Å². The summed E-state index contributed by atoms with van der Waals surface area (Å²) in [5.74, 6) is 1.93. The number of nitrogens with one attached hydrogen (secondary N) is 2. The van der Waals surface area contributed by atoms with E-state index in [9.17, 15) is 9.59 Å². The Balaban J connectivity index is 1.40. The Kier molecular flexibility index (Phi) is 9.48. The molecule has 0 bridgehead atoms. The van der Waals surface area contributed by atoms with Gasteiger partial charge in [0.25, 0.3) is 0 Å². The predicted molar refractivity (Wildman–Crippen MR) is 153 cm³/mol. The molecule has 2 amide bonds. The summed E-state index contributed by atoms with van der Waals surface area (Å²) >= 11 is 6.06. The Bertz CT molecular complexity index is 1290. The number of hydrogen-bond donors (Lipinski definition) is 2. The van der Waals surface area contributed by atoms with E-state index in [0.29, 0.717) is 55.9 Å². The second kappa shape index (κ2) is 13.4. The fraction of sp³-hybridized carbons (Fsp3) is 0.241. The fourth-order valence-corrected chi connectivity index (χ4v) is 4.10. The number of aromatic nitrogens is 2. The number of halogens is 1. The molecule has 0 aliphatic carbocycles. The Morgan fingerprint density at radius 1 is 0.947 bits per heavy atom. The molecular formula is C29H31ClN6O2. The van der Waals surface area contributed by atoms with Gasteiger partial charge in [-0.2, -0.15) is 0 Å². The minimum Gasteiger partial charge on any atom is -0.368 e. The highest BCUT2D eigenvalue weighted by Crippen LogP contribution is 2.24. The number of nitrogens with zero attached hydrogens (tertiary/aromatic N) is 4. The van der Waals surface area contributed by atoms with Gasteiger partial charge in [0.15, 0.2) is 5.82 Å². The topological polar surface area (TPSA) is 90.5 Å². The average Bonchev–Trinajstić information content (AvgIpc) is 2.94. The molecule has 0 radical (unpaired) electrons. The molecule has 38 heavy (non-hydrogen) atoms. The van der Waals surface area contributed by atoms with E-state index in [1.165, 1.54) is 6.92 Å². The molecule has 0 atom stereocenters. The van der Waals surface area contributed by atoms with Crippen LogP contribution in [-0.2, 0) is 9.59 Å². The molecule has 1 aromatic heterocycles.